The first kappa shape index (κ1) is 29.2. The van der Waals surface area contributed by atoms with E-state index in [-0.39, 0.29) is 36.6 Å². The summed E-state index contributed by atoms with van der Waals surface area (Å²) in [5, 5.41) is 2.84. The summed E-state index contributed by atoms with van der Waals surface area (Å²) >= 11 is 0. The Morgan fingerprint density at radius 3 is 2.74 bits per heavy atom. The average molecular weight is 571 g/mol. The fourth-order valence-electron chi connectivity index (χ4n) is 5.41. The van der Waals surface area contributed by atoms with Gasteiger partial charge in [0.15, 0.2) is 0 Å². The minimum Gasteiger partial charge on any atom is -0.438 e. The molecule has 2 atom stereocenters. The number of hydrogen-bond donors (Lipinski definition) is 2. The lowest BCUT2D eigenvalue weighted by molar-refractivity contribution is -0.132. The van der Waals surface area contributed by atoms with Gasteiger partial charge >= 0.3 is 0 Å². The molecule has 0 aliphatic carbocycles. The van der Waals surface area contributed by atoms with Crippen molar-refractivity contribution in [1.82, 2.24) is 24.8 Å². The van der Waals surface area contributed by atoms with E-state index in [1.54, 1.807) is 37.6 Å². The van der Waals surface area contributed by atoms with Crippen molar-refractivity contribution in [2.45, 2.75) is 44.2 Å². The number of para-hydroxylation sites is 3. The molecule has 220 valence electrons. The zero-order chi connectivity index (χ0) is 29.3. The van der Waals surface area contributed by atoms with Gasteiger partial charge in [-0.1, -0.05) is 30.3 Å². The van der Waals surface area contributed by atoms with Crippen LogP contribution in [0.15, 0.2) is 72.9 Å². The first-order chi connectivity index (χ1) is 20.5. The van der Waals surface area contributed by atoms with Gasteiger partial charge in [-0.3, -0.25) is 9.59 Å². The van der Waals surface area contributed by atoms with Crippen molar-refractivity contribution in [3.05, 3.63) is 84.3 Å². The third-order valence-corrected chi connectivity index (χ3v) is 7.49. The van der Waals surface area contributed by atoms with E-state index in [1.165, 1.54) is 0 Å². The van der Waals surface area contributed by atoms with Crippen molar-refractivity contribution in [2.24, 2.45) is 5.73 Å². The summed E-state index contributed by atoms with van der Waals surface area (Å²) < 4.78 is 13.4. The molecule has 42 heavy (non-hydrogen) atoms. The van der Waals surface area contributed by atoms with Crippen molar-refractivity contribution in [1.29, 1.82) is 0 Å². The maximum atomic E-state index is 13.3. The Labute approximate surface area is 245 Å². The number of ether oxygens (including phenoxy) is 2. The van der Waals surface area contributed by atoms with Crippen molar-refractivity contribution >= 4 is 22.8 Å². The number of amides is 2. The number of pyridine rings is 1. The second-order valence-corrected chi connectivity index (χ2v) is 10.6. The molecule has 10 heteroatoms. The summed E-state index contributed by atoms with van der Waals surface area (Å²) in [5.41, 5.74) is 8.70. The number of methoxy groups -OCH3 is 1. The molecule has 10 nitrogen and oxygen atoms in total. The maximum absolute atomic E-state index is 13.3. The number of hydrogen-bond acceptors (Lipinski definition) is 7. The van der Waals surface area contributed by atoms with Gasteiger partial charge in [-0.25, -0.2) is 9.97 Å². The van der Waals surface area contributed by atoms with Gasteiger partial charge in [-0.2, -0.15) is 0 Å². The van der Waals surface area contributed by atoms with E-state index >= 15 is 0 Å². The van der Waals surface area contributed by atoms with E-state index in [2.05, 4.69) is 20.9 Å². The summed E-state index contributed by atoms with van der Waals surface area (Å²) in [6.07, 6.45) is 4.46. The average Bonchev–Trinajstić information content (AvgIpc) is 3.39. The van der Waals surface area contributed by atoms with E-state index in [0.29, 0.717) is 31.0 Å². The Bertz CT molecular complexity index is 1490. The molecule has 2 aromatic heterocycles. The minimum absolute atomic E-state index is 0.0158. The van der Waals surface area contributed by atoms with Crippen LogP contribution in [0.3, 0.4) is 0 Å². The third kappa shape index (κ3) is 7.13. The number of fused-ring (bicyclic) bond motifs is 1. The smallest absolute Gasteiger partial charge is 0.256 e. The molecular weight excluding hydrogens is 532 g/mol. The number of aryl methyl sites for hydroxylation is 1. The van der Waals surface area contributed by atoms with Gasteiger partial charge in [0.05, 0.1) is 11.0 Å². The van der Waals surface area contributed by atoms with Gasteiger partial charge in [0.25, 0.3) is 5.91 Å². The highest BCUT2D eigenvalue weighted by molar-refractivity contribution is 5.96. The van der Waals surface area contributed by atoms with E-state index in [9.17, 15) is 9.59 Å². The Morgan fingerprint density at radius 1 is 1.10 bits per heavy atom. The molecule has 4 aromatic rings. The van der Waals surface area contributed by atoms with Gasteiger partial charge in [-0.15, -0.1) is 0 Å². The number of imidazole rings is 1. The largest absolute Gasteiger partial charge is 0.438 e. The number of nitrogens with zero attached hydrogens (tertiary/aromatic N) is 4. The van der Waals surface area contributed by atoms with Gasteiger partial charge < -0.3 is 30.0 Å². The lowest BCUT2D eigenvalue weighted by Gasteiger charge is -2.33. The number of carbonyl (C=O) groups excluding carboxylic acids is 2. The Morgan fingerprint density at radius 2 is 1.90 bits per heavy atom. The fourth-order valence-corrected chi connectivity index (χ4v) is 5.41. The van der Waals surface area contributed by atoms with Gasteiger partial charge in [0.2, 0.25) is 11.8 Å². The van der Waals surface area contributed by atoms with E-state index in [0.717, 1.165) is 42.7 Å². The van der Waals surface area contributed by atoms with Gasteiger partial charge in [0, 0.05) is 64.5 Å². The topological polar surface area (TPSA) is 125 Å². The number of benzene rings is 2. The molecule has 0 radical (unpaired) electrons. The molecule has 3 N–H and O–H groups in total. The van der Waals surface area contributed by atoms with Crippen LogP contribution in [0.1, 0.15) is 47.8 Å². The molecule has 1 fully saturated rings. The second kappa shape index (κ2) is 14.1. The third-order valence-electron chi connectivity index (χ3n) is 7.49. The van der Waals surface area contributed by atoms with Crippen molar-refractivity contribution in [2.75, 3.05) is 33.4 Å². The summed E-state index contributed by atoms with van der Waals surface area (Å²) in [6.45, 7) is 2.93. The minimum atomic E-state index is -0.532. The number of carbonyl (C=O) groups is 2. The summed E-state index contributed by atoms with van der Waals surface area (Å²) in [7, 11) is 1.71. The first-order valence-electron chi connectivity index (χ1n) is 14.5. The molecule has 2 amide bonds. The Kier molecular flexibility index (Phi) is 9.78. The zero-order valence-corrected chi connectivity index (χ0v) is 23.9. The highest BCUT2D eigenvalue weighted by Crippen LogP contribution is 2.30. The lowest BCUT2D eigenvalue weighted by atomic mass is 9.96. The number of likely N-dealkylation sites (tertiary alicyclic amines) is 1. The molecule has 1 saturated heterocycles. The maximum Gasteiger partial charge on any atom is 0.256 e. The molecule has 2 aromatic carbocycles. The molecular formula is C32H38N6O4. The summed E-state index contributed by atoms with van der Waals surface area (Å²) in [5.74, 6) is 1.57. The fraction of sp³-hybridized carbons (Fsp3) is 0.375. The number of piperidine rings is 1. The number of aromatic nitrogens is 3. The highest BCUT2D eigenvalue weighted by atomic mass is 16.5. The zero-order valence-electron chi connectivity index (χ0n) is 23.9. The van der Waals surface area contributed by atoms with Crippen LogP contribution in [0.25, 0.3) is 11.0 Å². The van der Waals surface area contributed by atoms with E-state index < -0.39 is 6.04 Å². The molecule has 0 bridgehead atoms. The van der Waals surface area contributed by atoms with Crippen molar-refractivity contribution in [3.8, 4) is 11.6 Å². The molecule has 1 aliphatic heterocycles. The van der Waals surface area contributed by atoms with E-state index in [4.69, 9.17) is 20.2 Å². The Hall–Kier alpha value is -4.28. The van der Waals surface area contributed by atoms with Gasteiger partial charge in [0.1, 0.15) is 17.1 Å². The SMILES string of the molecule is COCCCn1c([C@@H]2CCCN(C(=O)C[C@H](N)CNC(=O)c3cccnc3Oc3ccccc3)C2)nc2ccccc21. The number of rotatable bonds is 12. The molecule has 1 aliphatic rings. The highest BCUT2D eigenvalue weighted by Gasteiger charge is 2.29. The standard InChI is InChI=1S/C32H38N6O4/c1-41-19-9-18-38-28-15-6-5-14-27(28)36-30(38)23-10-8-17-37(22-23)29(39)20-24(33)21-35-31(40)26-13-7-16-34-32(26)42-25-11-3-2-4-12-25/h2-7,11-16,23-24H,8-10,17-22,33H2,1H3,(H,35,40)/t23-,24+/m1/s1. The number of nitrogens with two attached hydrogens (primary N) is 1. The lowest BCUT2D eigenvalue weighted by Crippen LogP contribution is -2.45. The van der Waals surface area contributed by atoms with Crippen LogP contribution in [0.2, 0.25) is 0 Å². The second-order valence-electron chi connectivity index (χ2n) is 10.6. The van der Waals surface area contributed by atoms with Gasteiger partial charge in [-0.05, 0) is 55.7 Å². The van der Waals surface area contributed by atoms with Crippen LogP contribution in [0.4, 0.5) is 0 Å². The van der Waals surface area contributed by atoms with Crippen LogP contribution < -0.4 is 15.8 Å². The summed E-state index contributed by atoms with van der Waals surface area (Å²) in [4.78, 5) is 37.3. The Balaban J connectivity index is 1.18. The predicted molar refractivity (Wildman–Crippen MR) is 160 cm³/mol. The van der Waals surface area contributed by atoms with Crippen LogP contribution in [0.5, 0.6) is 11.6 Å². The summed E-state index contributed by atoms with van der Waals surface area (Å²) in [6, 6.07) is 20.1. The van der Waals surface area contributed by atoms with Crippen molar-refractivity contribution < 1.29 is 19.1 Å². The predicted octanol–water partition coefficient (Wildman–Crippen LogP) is 4.11. The van der Waals surface area contributed by atoms with Crippen LogP contribution in [-0.2, 0) is 16.1 Å². The number of nitrogens with one attached hydrogen (secondary N) is 1. The van der Waals surface area contributed by atoms with Crippen LogP contribution in [-0.4, -0.2) is 70.6 Å². The normalized spacial score (nSPS) is 15.9. The van der Waals surface area contributed by atoms with Crippen LogP contribution in [0, 0.1) is 0 Å². The molecule has 0 saturated carbocycles. The quantitative estimate of drug-likeness (QED) is 0.246. The van der Waals surface area contributed by atoms with Crippen LogP contribution >= 0.6 is 0 Å². The first-order valence-corrected chi connectivity index (χ1v) is 14.5. The molecule has 3 heterocycles. The molecule has 0 spiro atoms. The monoisotopic (exact) mass is 570 g/mol. The van der Waals surface area contributed by atoms with E-state index in [1.807, 2.05) is 41.3 Å². The van der Waals surface area contributed by atoms with Crippen molar-refractivity contribution in [3.63, 3.8) is 0 Å². The molecule has 5 rings (SSSR count). The molecule has 0 unspecified atom stereocenters.